The largest absolute Gasteiger partial charge is 0.368 e. The molecule has 0 aliphatic carbocycles. The van der Waals surface area contributed by atoms with Gasteiger partial charge in [-0.2, -0.15) is 5.26 Å². The van der Waals surface area contributed by atoms with Crippen LogP contribution in [-0.2, 0) is 0 Å². The van der Waals surface area contributed by atoms with Gasteiger partial charge in [0, 0.05) is 36.9 Å². The Balaban J connectivity index is 1.70. The smallest absolute Gasteiger partial charge is 0.101 e. The maximum atomic E-state index is 9.21. The number of nitriles is 1. The van der Waals surface area contributed by atoms with Gasteiger partial charge in [0.2, 0.25) is 0 Å². The van der Waals surface area contributed by atoms with Crippen molar-refractivity contribution < 1.29 is 0 Å². The van der Waals surface area contributed by atoms with Crippen LogP contribution in [0.2, 0.25) is 5.02 Å². The van der Waals surface area contributed by atoms with E-state index in [0.29, 0.717) is 0 Å². The van der Waals surface area contributed by atoms with Gasteiger partial charge in [0.1, 0.15) is 6.07 Å². The van der Waals surface area contributed by atoms with E-state index in [2.05, 4.69) is 28.0 Å². The molecular weight excluding hydrogens is 282 g/mol. The van der Waals surface area contributed by atoms with Crippen molar-refractivity contribution in [1.82, 2.24) is 0 Å². The highest BCUT2D eigenvalue weighted by molar-refractivity contribution is 6.30. The summed E-state index contributed by atoms with van der Waals surface area (Å²) in [6, 6.07) is 18.0. The van der Waals surface area contributed by atoms with Gasteiger partial charge >= 0.3 is 0 Å². The molecule has 0 radical (unpaired) electrons. The molecule has 1 fully saturated rings. The lowest BCUT2D eigenvalue weighted by molar-refractivity contribution is 0.653. The molecule has 1 saturated heterocycles. The molecule has 106 valence electrons. The zero-order valence-electron chi connectivity index (χ0n) is 11.7. The van der Waals surface area contributed by atoms with Crippen molar-refractivity contribution in [3.8, 4) is 6.07 Å². The molecule has 1 aliphatic rings. The van der Waals surface area contributed by atoms with Crippen LogP contribution in [0.3, 0.4) is 0 Å². The zero-order chi connectivity index (χ0) is 14.7. The maximum absolute atomic E-state index is 9.21. The molecule has 0 spiro atoms. The number of hydrogen-bond donors (Lipinski definition) is 0. The van der Waals surface area contributed by atoms with E-state index >= 15 is 0 Å². The second kappa shape index (κ2) is 6.07. The minimum Gasteiger partial charge on any atom is -0.368 e. The van der Waals surface area contributed by atoms with Crippen LogP contribution in [0.4, 0.5) is 11.4 Å². The second-order valence-electron chi connectivity index (χ2n) is 5.08. The monoisotopic (exact) mass is 297 g/mol. The molecule has 3 nitrogen and oxygen atoms in total. The van der Waals surface area contributed by atoms with Gasteiger partial charge in [0.25, 0.3) is 0 Å². The first-order chi connectivity index (χ1) is 10.3. The molecule has 0 aromatic heterocycles. The van der Waals surface area contributed by atoms with Crippen molar-refractivity contribution in [1.29, 1.82) is 5.26 Å². The molecule has 0 atom stereocenters. The van der Waals surface area contributed by atoms with Crippen LogP contribution >= 0.6 is 11.6 Å². The van der Waals surface area contributed by atoms with Gasteiger partial charge in [-0.15, -0.1) is 0 Å². The van der Waals surface area contributed by atoms with Crippen molar-refractivity contribution in [3.63, 3.8) is 0 Å². The summed E-state index contributed by atoms with van der Waals surface area (Å²) in [5.41, 5.74) is 2.99. The molecule has 1 heterocycles. The summed E-state index contributed by atoms with van der Waals surface area (Å²) < 4.78 is 0. The number of para-hydroxylation sites is 1. The minimum atomic E-state index is 0.748. The lowest BCUT2D eigenvalue weighted by Gasteiger charge is -2.37. The molecule has 0 bridgehead atoms. The van der Waals surface area contributed by atoms with E-state index < -0.39 is 0 Å². The number of anilines is 2. The summed E-state index contributed by atoms with van der Waals surface area (Å²) >= 11 is 5.93. The Morgan fingerprint density at radius 2 is 1.48 bits per heavy atom. The quantitative estimate of drug-likeness (QED) is 0.849. The third-order valence-electron chi connectivity index (χ3n) is 3.84. The molecule has 0 saturated carbocycles. The molecule has 4 heteroatoms. The molecule has 2 aromatic carbocycles. The number of halogens is 1. The first kappa shape index (κ1) is 13.8. The summed E-state index contributed by atoms with van der Waals surface area (Å²) in [5.74, 6) is 0. The van der Waals surface area contributed by atoms with Crippen molar-refractivity contribution in [3.05, 3.63) is 59.1 Å². The Morgan fingerprint density at radius 3 is 2.14 bits per heavy atom. The third kappa shape index (κ3) is 2.96. The van der Waals surface area contributed by atoms with Gasteiger partial charge in [0.05, 0.1) is 11.3 Å². The molecule has 0 amide bonds. The zero-order valence-corrected chi connectivity index (χ0v) is 12.4. The Labute approximate surface area is 130 Å². The highest BCUT2D eigenvalue weighted by atomic mass is 35.5. The predicted molar refractivity (Wildman–Crippen MR) is 87.0 cm³/mol. The summed E-state index contributed by atoms with van der Waals surface area (Å²) in [5, 5.41) is 9.97. The van der Waals surface area contributed by atoms with E-state index in [4.69, 9.17) is 11.6 Å². The normalized spacial score (nSPS) is 14.9. The van der Waals surface area contributed by atoms with Crippen LogP contribution in [-0.4, -0.2) is 26.2 Å². The van der Waals surface area contributed by atoms with E-state index in [9.17, 15) is 5.26 Å². The van der Waals surface area contributed by atoms with Crippen LogP contribution in [0, 0.1) is 11.3 Å². The molecule has 21 heavy (non-hydrogen) atoms. The Kier molecular flexibility index (Phi) is 3.98. The number of rotatable bonds is 2. The molecule has 0 N–H and O–H groups in total. The van der Waals surface area contributed by atoms with Gasteiger partial charge in [-0.05, 0) is 36.4 Å². The number of hydrogen-bond acceptors (Lipinski definition) is 3. The van der Waals surface area contributed by atoms with Crippen LogP contribution in [0.25, 0.3) is 0 Å². The SMILES string of the molecule is N#Cc1ccccc1N1CCN(c2ccc(Cl)cc2)CC1. The summed E-state index contributed by atoms with van der Waals surface area (Å²) in [7, 11) is 0. The van der Waals surface area contributed by atoms with E-state index in [-0.39, 0.29) is 0 Å². The molecular formula is C17H16ClN3. The average molecular weight is 298 g/mol. The van der Waals surface area contributed by atoms with E-state index in [1.54, 1.807) is 0 Å². The third-order valence-corrected chi connectivity index (χ3v) is 4.09. The maximum Gasteiger partial charge on any atom is 0.101 e. The highest BCUT2D eigenvalue weighted by Crippen LogP contribution is 2.24. The average Bonchev–Trinajstić information content (AvgIpc) is 2.56. The Bertz CT molecular complexity index is 652. The van der Waals surface area contributed by atoms with Crippen LogP contribution in [0.1, 0.15) is 5.56 Å². The van der Waals surface area contributed by atoms with Gasteiger partial charge < -0.3 is 9.80 Å². The number of nitrogens with zero attached hydrogens (tertiary/aromatic N) is 3. The Hall–Kier alpha value is -2.18. The van der Waals surface area contributed by atoms with Crippen LogP contribution in [0.15, 0.2) is 48.5 Å². The van der Waals surface area contributed by atoms with Crippen molar-refractivity contribution >= 4 is 23.0 Å². The van der Waals surface area contributed by atoms with Gasteiger partial charge in [-0.1, -0.05) is 23.7 Å². The van der Waals surface area contributed by atoms with E-state index in [1.165, 1.54) is 5.69 Å². The first-order valence-electron chi connectivity index (χ1n) is 7.02. The van der Waals surface area contributed by atoms with Crippen LogP contribution in [0.5, 0.6) is 0 Å². The predicted octanol–water partition coefficient (Wildman–Crippen LogP) is 3.54. The lowest BCUT2D eigenvalue weighted by Crippen LogP contribution is -2.46. The molecule has 3 rings (SSSR count). The molecule has 2 aromatic rings. The van der Waals surface area contributed by atoms with Gasteiger partial charge in [-0.25, -0.2) is 0 Å². The first-order valence-corrected chi connectivity index (χ1v) is 7.40. The lowest BCUT2D eigenvalue weighted by atomic mass is 10.1. The number of piperazine rings is 1. The van der Waals surface area contributed by atoms with E-state index in [0.717, 1.165) is 42.5 Å². The topological polar surface area (TPSA) is 30.3 Å². The summed E-state index contributed by atoms with van der Waals surface area (Å²) in [6.45, 7) is 3.73. The Morgan fingerprint density at radius 1 is 0.857 bits per heavy atom. The minimum absolute atomic E-state index is 0.748. The molecule has 0 unspecified atom stereocenters. The van der Waals surface area contributed by atoms with Gasteiger partial charge in [0.15, 0.2) is 0 Å². The fourth-order valence-electron chi connectivity index (χ4n) is 2.70. The molecule has 1 aliphatic heterocycles. The fraction of sp³-hybridized carbons (Fsp3) is 0.235. The summed E-state index contributed by atoms with van der Waals surface area (Å²) in [4.78, 5) is 4.63. The van der Waals surface area contributed by atoms with Crippen molar-refractivity contribution in [2.45, 2.75) is 0 Å². The summed E-state index contributed by atoms with van der Waals surface area (Å²) in [6.07, 6.45) is 0. The fourth-order valence-corrected chi connectivity index (χ4v) is 2.83. The van der Waals surface area contributed by atoms with Crippen LogP contribution < -0.4 is 9.80 Å². The second-order valence-corrected chi connectivity index (χ2v) is 5.52. The van der Waals surface area contributed by atoms with Gasteiger partial charge in [-0.3, -0.25) is 0 Å². The van der Waals surface area contributed by atoms with E-state index in [1.807, 2.05) is 36.4 Å². The highest BCUT2D eigenvalue weighted by Gasteiger charge is 2.19. The van der Waals surface area contributed by atoms with Crippen molar-refractivity contribution in [2.24, 2.45) is 0 Å². The van der Waals surface area contributed by atoms with Crippen molar-refractivity contribution in [2.75, 3.05) is 36.0 Å². The standard InChI is InChI=1S/C17H16ClN3/c18-15-5-7-16(8-6-15)20-9-11-21(12-10-20)17-4-2-1-3-14(17)13-19/h1-8H,9-12H2. The number of benzene rings is 2.